The third-order valence-corrected chi connectivity index (χ3v) is 4.78. The van der Waals surface area contributed by atoms with E-state index in [0.29, 0.717) is 28.4 Å². The fraction of sp³-hybridized carbons (Fsp3) is 0.0769. The van der Waals surface area contributed by atoms with E-state index in [9.17, 15) is 0 Å². The molecule has 0 aliphatic heterocycles. The molecule has 0 aliphatic rings. The van der Waals surface area contributed by atoms with E-state index in [1.165, 1.54) is 16.4 Å². The maximum Gasteiger partial charge on any atom is 0.261 e. The van der Waals surface area contributed by atoms with Crippen molar-refractivity contribution in [1.29, 1.82) is 0 Å². The van der Waals surface area contributed by atoms with Crippen LogP contribution >= 0.6 is 23.1 Å². The topological polar surface area (TPSA) is 109 Å². The molecule has 0 unspecified atom stereocenters. The van der Waals surface area contributed by atoms with Gasteiger partial charge in [0.2, 0.25) is 5.16 Å². The lowest BCUT2D eigenvalue weighted by Gasteiger charge is -2.00. The minimum Gasteiger partial charge on any atom is -0.472 e. The molecule has 4 aromatic rings. The summed E-state index contributed by atoms with van der Waals surface area (Å²) in [5, 5.41) is 14.7. The Bertz CT molecular complexity index is 897. The van der Waals surface area contributed by atoms with E-state index in [0.717, 1.165) is 10.4 Å². The Morgan fingerprint density at radius 2 is 2.26 bits per heavy atom. The molecule has 0 spiro atoms. The van der Waals surface area contributed by atoms with Crippen LogP contribution in [-0.2, 0) is 5.75 Å². The van der Waals surface area contributed by atoms with E-state index in [1.807, 2.05) is 17.5 Å². The molecule has 0 aliphatic carbocycles. The quantitative estimate of drug-likeness (QED) is 0.434. The fourth-order valence-corrected chi connectivity index (χ4v) is 3.30. The van der Waals surface area contributed by atoms with Crippen molar-refractivity contribution in [1.82, 2.24) is 25.0 Å². The summed E-state index contributed by atoms with van der Waals surface area (Å²) in [7, 11) is 0. The van der Waals surface area contributed by atoms with Gasteiger partial charge in [0, 0.05) is 0 Å². The van der Waals surface area contributed by atoms with E-state index in [2.05, 4.69) is 20.3 Å². The summed E-state index contributed by atoms with van der Waals surface area (Å²) >= 11 is 2.95. The molecular weight excluding hydrogens is 336 g/mol. The number of thiophene rings is 1. The molecule has 10 heteroatoms. The molecule has 2 N–H and O–H groups in total. The minimum absolute atomic E-state index is 0.419. The van der Waals surface area contributed by atoms with Crippen molar-refractivity contribution in [3.8, 4) is 22.2 Å². The first kappa shape index (κ1) is 14.0. The first-order valence-electron chi connectivity index (χ1n) is 6.53. The Kier molecular flexibility index (Phi) is 3.60. The Morgan fingerprint density at radius 3 is 3.04 bits per heavy atom. The van der Waals surface area contributed by atoms with Gasteiger partial charge in [-0.3, -0.25) is 0 Å². The summed E-state index contributed by atoms with van der Waals surface area (Å²) in [6, 6.07) is 5.65. The van der Waals surface area contributed by atoms with E-state index in [-0.39, 0.29) is 0 Å². The smallest absolute Gasteiger partial charge is 0.261 e. The molecule has 0 atom stereocenters. The van der Waals surface area contributed by atoms with Crippen LogP contribution in [0, 0.1) is 0 Å². The van der Waals surface area contributed by atoms with Gasteiger partial charge in [0.1, 0.15) is 6.26 Å². The molecule has 0 saturated carbocycles. The highest BCUT2D eigenvalue weighted by molar-refractivity contribution is 7.98. The predicted octanol–water partition coefficient (Wildman–Crippen LogP) is 2.66. The molecule has 116 valence electrons. The highest BCUT2D eigenvalue weighted by atomic mass is 32.2. The SMILES string of the molecule is Nn1c(SCc2noc(-c3ccoc3)n2)nnc1-c1cccs1. The molecule has 0 bridgehead atoms. The van der Waals surface area contributed by atoms with Crippen LogP contribution in [0.3, 0.4) is 0 Å². The summed E-state index contributed by atoms with van der Waals surface area (Å²) in [6.45, 7) is 0. The summed E-state index contributed by atoms with van der Waals surface area (Å²) in [5.74, 6) is 8.12. The van der Waals surface area contributed by atoms with Gasteiger partial charge in [0.25, 0.3) is 5.89 Å². The van der Waals surface area contributed by atoms with Crippen molar-refractivity contribution < 1.29 is 8.94 Å². The van der Waals surface area contributed by atoms with Gasteiger partial charge >= 0.3 is 0 Å². The van der Waals surface area contributed by atoms with Crippen molar-refractivity contribution >= 4 is 23.1 Å². The van der Waals surface area contributed by atoms with Crippen LogP contribution in [0.5, 0.6) is 0 Å². The summed E-state index contributed by atoms with van der Waals surface area (Å²) in [6.07, 6.45) is 3.10. The molecule has 4 rings (SSSR count). The average Bonchev–Trinajstić information content (AvgIpc) is 3.33. The lowest BCUT2D eigenvalue weighted by atomic mass is 10.3. The lowest BCUT2D eigenvalue weighted by Crippen LogP contribution is -2.11. The first-order valence-corrected chi connectivity index (χ1v) is 8.40. The van der Waals surface area contributed by atoms with Gasteiger partial charge in [0.05, 0.1) is 22.5 Å². The van der Waals surface area contributed by atoms with Crippen molar-refractivity contribution in [2.75, 3.05) is 5.84 Å². The van der Waals surface area contributed by atoms with Crippen molar-refractivity contribution in [3.63, 3.8) is 0 Å². The number of aromatic nitrogens is 5. The standard InChI is InChI=1S/C13H10N6O2S2/c14-19-11(9-2-1-5-22-9)16-17-13(19)23-7-10-15-12(21-18-10)8-3-4-20-6-8/h1-6H,7,14H2. The minimum atomic E-state index is 0.419. The largest absolute Gasteiger partial charge is 0.472 e. The zero-order chi connectivity index (χ0) is 15.6. The Morgan fingerprint density at radius 1 is 1.30 bits per heavy atom. The predicted molar refractivity (Wildman–Crippen MR) is 85.0 cm³/mol. The maximum atomic E-state index is 6.04. The highest BCUT2D eigenvalue weighted by Gasteiger charge is 2.15. The average molecular weight is 346 g/mol. The van der Waals surface area contributed by atoms with E-state index in [1.54, 1.807) is 29.9 Å². The number of rotatable bonds is 5. The van der Waals surface area contributed by atoms with Crippen molar-refractivity contribution in [3.05, 3.63) is 41.9 Å². The van der Waals surface area contributed by atoms with Gasteiger partial charge in [-0.2, -0.15) is 4.98 Å². The molecule has 23 heavy (non-hydrogen) atoms. The molecular formula is C13H10N6O2S2. The Hall–Kier alpha value is -2.59. The van der Waals surface area contributed by atoms with Gasteiger partial charge < -0.3 is 14.8 Å². The molecule has 4 aromatic heterocycles. The van der Waals surface area contributed by atoms with Crippen LogP contribution in [0.1, 0.15) is 5.82 Å². The maximum absolute atomic E-state index is 6.04. The fourth-order valence-electron chi connectivity index (χ4n) is 1.89. The van der Waals surface area contributed by atoms with E-state index >= 15 is 0 Å². The third kappa shape index (κ3) is 2.73. The van der Waals surface area contributed by atoms with Gasteiger partial charge in [0.15, 0.2) is 11.6 Å². The van der Waals surface area contributed by atoms with Gasteiger partial charge in [-0.25, -0.2) is 4.68 Å². The second-order valence-corrected chi connectivity index (χ2v) is 6.36. The van der Waals surface area contributed by atoms with E-state index < -0.39 is 0 Å². The summed E-state index contributed by atoms with van der Waals surface area (Å²) < 4.78 is 11.6. The number of furan rings is 1. The Balaban J connectivity index is 1.48. The third-order valence-electron chi connectivity index (χ3n) is 2.97. The highest BCUT2D eigenvalue weighted by Crippen LogP contribution is 2.27. The molecule has 0 saturated heterocycles. The van der Waals surface area contributed by atoms with Crippen molar-refractivity contribution in [2.24, 2.45) is 0 Å². The summed E-state index contributed by atoms with van der Waals surface area (Å²) in [4.78, 5) is 5.27. The van der Waals surface area contributed by atoms with Crippen LogP contribution in [0.4, 0.5) is 0 Å². The van der Waals surface area contributed by atoms with Gasteiger partial charge in [-0.05, 0) is 17.5 Å². The lowest BCUT2D eigenvalue weighted by molar-refractivity contribution is 0.424. The second kappa shape index (κ2) is 5.89. The first-order chi connectivity index (χ1) is 11.3. The van der Waals surface area contributed by atoms with Crippen LogP contribution in [-0.4, -0.2) is 25.0 Å². The number of nitrogens with two attached hydrogens (primary N) is 1. The zero-order valence-corrected chi connectivity index (χ0v) is 13.3. The summed E-state index contributed by atoms with van der Waals surface area (Å²) in [5.41, 5.74) is 0.746. The van der Waals surface area contributed by atoms with E-state index in [4.69, 9.17) is 14.8 Å². The van der Waals surface area contributed by atoms with Crippen LogP contribution < -0.4 is 5.84 Å². The molecule has 0 fully saturated rings. The van der Waals surface area contributed by atoms with Crippen LogP contribution in [0.25, 0.3) is 22.2 Å². The second-order valence-electron chi connectivity index (χ2n) is 4.47. The normalized spacial score (nSPS) is 11.1. The Labute approximate surface area is 138 Å². The van der Waals surface area contributed by atoms with Gasteiger partial charge in [-0.15, -0.1) is 21.5 Å². The number of thioether (sulfide) groups is 1. The van der Waals surface area contributed by atoms with Crippen molar-refractivity contribution in [2.45, 2.75) is 10.9 Å². The molecule has 4 heterocycles. The van der Waals surface area contributed by atoms with Gasteiger partial charge in [-0.1, -0.05) is 23.0 Å². The van der Waals surface area contributed by atoms with Crippen LogP contribution in [0.15, 0.2) is 50.2 Å². The molecule has 0 amide bonds. The molecule has 8 nitrogen and oxygen atoms in total. The molecule has 0 aromatic carbocycles. The molecule has 0 radical (unpaired) electrons. The number of hydrogen-bond acceptors (Lipinski definition) is 9. The number of hydrogen-bond donors (Lipinski definition) is 1. The van der Waals surface area contributed by atoms with Crippen LogP contribution in [0.2, 0.25) is 0 Å². The zero-order valence-electron chi connectivity index (χ0n) is 11.6. The number of nitrogen functional groups attached to an aromatic ring is 1. The monoisotopic (exact) mass is 346 g/mol. The number of nitrogens with zero attached hydrogens (tertiary/aromatic N) is 5.